The number of carbonyl (C=O) groups is 4. The van der Waals surface area contributed by atoms with E-state index in [1.807, 2.05) is 18.2 Å². The second kappa shape index (κ2) is 12.4. The van der Waals surface area contributed by atoms with Gasteiger partial charge in [-0.2, -0.15) is 0 Å². The number of imide groups is 1. The van der Waals surface area contributed by atoms with Crippen LogP contribution in [0, 0.1) is 0 Å². The Morgan fingerprint density at radius 2 is 1.81 bits per heavy atom. The number of hydrogen-bond acceptors (Lipinski definition) is 9. The van der Waals surface area contributed by atoms with Crippen LogP contribution in [-0.2, 0) is 23.9 Å². The van der Waals surface area contributed by atoms with Crippen LogP contribution in [0.4, 0.5) is 16.2 Å². The summed E-state index contributed by atoms with van der Waals surface area (Å²) in [5.41, 5.74) is 2.14. The molecule has 0 radical (unpaired) electrons. The molecule has 0 atom stereocenters. The first-order valence-corrected chi connectivity index (χ1v) is 12.6. The first-order valence-electron chi connectivity index (χ1n) is 11.8. The zero-order valence-electron chi connectivity index (χ0n) is 20.3. The third-order valence-corrected chi connectivity index (χ3v) is 6.45. The quantitative estimate of drug-likeness (QED) is 0.389. The number of morpholine rings is 1. The minimum atomic E-state index is -0.533. The van der Waals surface area contributed by atoms with Crippen molar-refractivity contribution in [2.24, 2.45) is 0 Å². The Bertz CT molecular complexity index is 1190. The van der Waals surface area contributed by atoms with Crippen molar-refractivity contribution in [2.45, 2.75) is 6.92 Å². The minimum absolute atomic E-state index is 0.203. The summed E-state index contributed by atoms with van der Waals surface area (Å²) in [5, 5.41) is 2.32. The van der Waals surface area contributed by atoms with E-state index in [0.29, 0.717) is 43.3 Å². The van der Waals surface area contributed by atoms with Crippen molar-refractivity contribution in [3.8, 4) is 5.75 Å². The molecule has 2 saturated heterocycles. The SMILES string of the molecule is CCOC(=O)COc1ccc(/C=C2\SC(=O)N(CC(=O)Nc3ccccc3N3CCOCC3)C2=O)cc1. The van der Waals surface area contributed by atoms with Crippen LogP contribution in [0.3, 0.4) is 0 Å². The number of hydrogen-bond donors (Lipinski definition) is 1. The highest BCUT2D eigenvalue weighted by Crippen LogP contribution is 2.33. The van der Waals surface area contributed by atoms with Crippen molar-refractivity contribution in [3.05, 3.63) is 59.0 Å². The van der Waals surface area contributed by atoms with E-state index in [-0.39, 0.29) is 24.7 Å². The van der Waals surface area contributed by atoms with Gasteiger partial charge >= 0.3 is 5.97 Å². The number of rotatable bonds is 9. The summed E-state index contributed by atoms with van der Waals surface area (Å²) in [4.78, 5) is 52.8. The normalized spacial score (nSPS) is 16.7. The number of nitrogens with zero attached hydrogens (tertiary/aromatic N) is 2. The molecule has 194 valence electrons. The molecule has 2 aliphatic heterocycles. The lowest BCUT2D eigenvalue weighted by Crippen LogP contribution is -2.38. The molecular formula is C26H27N3O7S. The highest BCUT2D eigenvalue weighted by Gasteiger charge is 2.36. The van der Waals surface area contributed by atoms with E-state index < -0.39 is 23.0 Å². The molecule has 4 rings (SSSR count). The number of benzene rings is 2. The van der Waals surface area contributed by atoms with Crippen molar-refractivity contribution in [1.29, 1.82) is 0 Å². The van der Waals surface area contributed by atoms with E-state index in [4.69, 9.17) is 14.2 Å². The monoisotopic (exact) mass is 525 g/mol. The summed E-state index contributed by atoms with van der Waals surface area (Å²) in [5.74, 6) is -0.997. The van der Waals surface area contributed by atoms with Crippen LogP contribution in [0.2, 0.25) is 0 Å². The van der Waals surface area contributed by atoms with E-state index in [9.17, 15) is 19.2 Å². The Morgan fingerprint density at radius 1 is 1.08 bits per heavy atom. The third kappa shape index (κ3) is 6.89. The van der Waals surface area contributed by atoms with Gasteiger partial charge in [0.15, 0.2) is 6.61 Å². The highest BCUT2D eigenvalue weighted by molar-refractivity contribution is 8.18. The number of carbonyl (C=O) groups excluding carboxylic acids is 4. The molecule has 2 aromatic carbocycles. The predicted octanol–water partition coefficient (Wildman–Crippen LogP) is 3.14. The Morgan fingerprint density at radius 3 is 2.54 bits per heavy atom. The van der Waals surface area contributed by atoms with Crippen LogP contribution in [0.25, 0.3) is 6.08 Å². The van der Waals surface area contributed by atoms with Gasteiger partial charge in [-0.3, -0.25) is 19.3 Å². The maximum absolute atomic E-state index is 12.9. The second-order valence-electron chi connectivity index (χ2n) is 8.10. The summed E-state index contributed by atoms with van der Waals surface area (Å²) in [6.45, 7) is 4.03. The lowest BCUT2D eigenvalue weighted by molar-refractivity contribution is -0.145. The van der Waals surface area contributed by atoms with Gasteiger partial charge in [0.2, 0.25) is 5.91 Å². The number of para-hydroxylation sites is 2. The van der Waals surface area contributed by atoms with Gasteiger partial charge in [-0.15, -0.1) is 0 Å². The van der Waals surface area contributed by atoms with Crippen molar-refractivity contribution in [3.63, 3.8) is 0 Å². The molecule has 0 unspecified atom stereocenters. The molecule has 0 aromatic heterocycles. The van der Waals surface area contributed by atoms with Gasteiger partial charge in [-0.25, -0.2) is 4.79 Å². The van der Waals surface area contributed by atoms with Crippen LogP contribution in [-0.4, -0.2) is 74.0 Å². The zero-order chi connectivity index (χ0) is 26.2. The third-order valence-electron chi connectivity index (χ3n) is 5.55. The van der Waals surface area contributed by atoms with Crippen LogP contribution in [0.15, 0.2) is 53.4 Å². The summed E-state index contributed by atoms with van der Waals surface area (Å²) < 4.78 is 15.6. The molecule has 0 bridgehead atoms. The Hall–Kier alpha value is -3.83. The number of nitrogens with one attached hydrogen (secondary N) is 1. The first kappa shape index (κ1) is 26.2. The fraction of sp³-hybridized carbons (Fsp3) is 0.308. The number of anilines is 2. The molecule has 2 heterocycles. The summed E-state index contributed by atoms with van der Waals surface area (Å²) >= 11 is 0.779. The van der Waals surface area contributed by atoms with Gasteiger partial charge in [0.1, 0.15) is 12.3 Å². The number of thioether (sulfide) groups is 1. The maximum atomic E-state index is 12.9. The van der Waals surface area contributed by atoms with Gasteiger partial charge in [-0.1, -0.05) is 24.3 Å². The number of esters is 1. The molecule has 11 heteroatoms. The maximum Gasteiger partial charge on any atom is 0.344 e. The molecule has 10 nitrogen and oxygen atoms in total. The van der Waals surface area contributed by atoms with Crippen molar-refractivity contribution < 1.29 is 33.4 Å². The molecule has 3 amide bonds. The molecule has 1 N–H and O–H groups in total. The highest BCUT2D eigenvalue weighted by atomic mass is 32.2. The molecule has 0 spiro atoms. The summed E-state index contributed by atoms with van der Waals surface area (Å²) in [7, 11) is 0. The molecular weight excluding hydrogens is 498 g/mol. The Labute approximate surface area is 218 Å². The van der Waals surface area contributed by atoms with E-state index >= 15 is 0 Å². The molecule has 2 fully saturated rings. The van der Waals surface area contributed by atoms with E-state index in [0.717, 1.165) is 22.3 Å². The van der Waals surface area contributed by atoms with Gasteiger partial charge in [0.25, 0.3) is 11.1 Å². The second-order valence-corrected chi connectivity index (χ2v) is 9.09. The van der Waals surface area contributed by atoms with Crippen molar-refractivity contribution in [2.75, 3.05) is 56.3 Å². The molecule has 0 aliphatic carbocycles. The van der Waals surface area contributed by atoms with Crippen LogP contribution in [0.5, 0.6) is 5.75 Å². The topological polar surface area (TPSA) is 114 Å². The molecule has 37 heavy (non-hydrogen) atoms. The molecule has 2 aromatic rings. The molecule has 0 saturated carbocycles. The van der Waals surface area contributed by atoms with Gasteiger partial charge in [-0.05, 0) is 54.6 Å². The smallest absolute Gasteiger partial charge is 0.344 e. The lowest BCUT2D eigenvalue weighted by atomic mass is 10.2. The predicted molar refractivity (Wildman–Crippen MR) is 139 cm³/mol. The number of amides is 3. The average molecular weight is 526 g/mol. The lowest BCUT2D eigenvalue weighted by Gasteiger charge is -2.30. The first-order chi connectivity index (χ1) is 17.9. The van der Waals surface area contributed by atoms with Gasteiger partial charge in [0.05, 0.1) is 36.1 Å². The van der Waals surface area contributed by atoms with E-state index in [1.165, 1.54) is 0 Å². The zero-order valence-corrected chi connectivity index (χ0v) is 21.1. The Balaban J connectivity index is 1.36. The van der Waals surface area contributed by atoms with Crippen molar-refractivity contribution in [1.82, 2.24) is 4.90 Å². The van der Waals surface area contributed by atoms with Gasteiger partial charge in [0, 0.05) is 13.1 Å². The van der Waals surface area contributed by atoms with Crippen LogP contribution < -0.4 is 15.0 Å². The minimum Gasteiger partial charge on any atom is -0.482 e. The fourth-order valence-electron chi connectivity index (χ4n) is 3.79. The largest absolute Gasteiger partial charge is 0.482 e. The van der Waals surface area contributed by atoms with Crippen LogP contribution >= 0.6 is 11.8 Å². The van der Waals surface area contributed by atoms with E-state index in [1.54, 1.807) is 43.3 Å². The van der Waals surface area contributed by atoms with Gasteiger partial charge < -0.3 is 24.4 Å². The van der Waals surface area contributed by atoms with Crippen molar-refractivity contribution >= 4 is 52.2 Å². The number of ether oxygens (including phenoxy) is 3. The van der Waals surface area contributed by atoms with Crippen LogP contribution in [0.1, 0.15) is 12.5 Å². The fourth-order valence-corrected chi connectivity index (χ4v) is 4.62. The standard InChI is InChI=1S/C26H27N3O7S/c1-2-35-24(31)17-36-19-9-7-18(8-10-19)15-22-25(32)29(26(33)37-22)16-23(30)27-20-5-3-4-6-21(20)28-11-13-34-14-12-28/h3-10,15H,2,11-14,16-17H2,1H3,(H,27,30)/b22-15-. The average Bonchev–Trinajstić information content (AvgIpc) is 3.16. The Kier molecular flexibility index (Phi) is 8.81. The molecule has 2 aliphatic rings. The summed E-state index contributed by atoms with van der Waals surface area (Å²) in [6.07, 6.45) is 1.58. The van der Waals surface area contributed by atoms with E-state index in [2.05, 4.69) is 10.2 Å². The summed E-state index contributed by atoms with van der Waals surface area (Å²) in [6, 6.07) is 14.1.